The van der Waals surface area contributed by atoms with E-state index in [2.05, 4.69) is 31.0 Å². The minimum Gasteiger partial charge on any atom is -0.352 e. The molecule has 0 saturated carbocycles. The molecule has 0 radical (unpaired) electrons. The first-order chi connectivity index (χ1) is 9.02. The van der Waals surface area contributed by atoms with Gasteiger partial charge in [-0.05, 0) is 43.0 Å². The largest absolute Gasteiger partial charge is 0.352 e. The van der Waals surface area contributed by atoms with Gasteiger partial charge in [0.15, 0.2) is 0 Å². The fourth-order valence-corrected chi connectivity index (χ4v) is 1.72. The van der Waals surface area contributed by atoms with E-state index in [0.717, 1.165) is 17.5 Å². The van der Waals surface area contributed by atoms with E-state index >= 15 is 0 Å². The normalized spacial score (nSPS) is 9.95. The summed E-state index contributed by atoms with van der Waals surface area (Å²) in [5, 5.41) is 2.93. The minimum absolute atomic E-state index is 0.0415. The Labute approximate surface area is 115 Å². The number of nitrogens with two attached hydrogens (primary N) is 1. The van der Waals surface area contributed by atoms with Crippen LogP contribution in [0.25, 0.3) is 0 Å². The van der Waals surface area contributed by atoms with Crippen LogP contribution in [0.15, 0.2) is 18.2 Å². The van der Waals surface area contributed by atoms with Crippen LogP contribution in [0.4, 0.5) is 0 Å². The molecule has 0 saturated heterocycles. The van der Waals surface area contributed by atoms with Crippen molar-refractivity contribution in [1.82, 2.24) is 5.32 Å². The van der Waals surface area contributed by atoms with Gasteiger partial charge in [-0.2, -0.15) is 0 Å². The number of carbonyl (C=O) groups is 1. The predicted octanol–water partition coefficient (Wildman–Crippen LogP) is 2.08. The third kappa shape index (κ3) is 5.58. The van der Waals surface area contributed by atoms with E-state index in [1.807, 2.05) is 19.1 Å². The van der Waals surface area contributed by atoms with Crippen LogP contribution in [0.3, 0.4) is 0 Å². The number of nitrogens with one attached hydrogen (secondary N) is 1. The summed E-state index contributed by atoms with van der Waals surface area (Å²) < 4.78 is 0. The molecule has 1 aromatic carbocycles. The van der Waals surface area contributed by atoms with Gasteiger partial charge >= 0.3 is 0 Å². The van der Waals surface area contributed by atoms with Crippen molar-refractivity contribution in [2.75, 3.05) is 13.1 Å². The summed E-state index contributed by atoms with van der Waals surface area (Å²) in [7, 11) is 0. The topological polar surface area (TPSA) is 55.1 Å². The van der Waals surface area contributed by atoms with Crippen LogP contribution >= 0.6 is 0 Å². The van der Waals surface area contributed by atoms with Crippen LogP contribution in [0.1, 0.15) is 41.8 Å². The molecular weight excluding hydrogens is 236 g/mol. The van der Waals surface area contributed by atoms with E-state index in [-0.39, 0.29) is 5.91 Å². The second-order valence-electron chi connectivity index (χ2n) is 5.03. The summed E-state index contributed by atoms with van der Waals surface area (Å²) >= 11 is 0. The molecule has 1 aromatic rings. The van der Waals surface area contributed by atoms with Crippen LogP contribution in [0, 0.1) is 24.7 Å². The van der Waals surface area contributed by atoms with Crippen molar-refractivity contribution in [2.45, 2.75) is 27.2 Å². The predicted molar refractivity (Wildman–Crippen MR) is 78.9 cm³/mol. The van der Waals surface area contributed by atoms with E-state index in [1.54, 1.807) is 6.07 Å². The molecule has 3 heteroatoms. The lowest BCUT2D eigenvalue weighted by Crippen LogP contribution is -2.25. The number of carbonyl (C=O) groups excluding carboxylic acids is 1. The molecule has 0 aliphatic heterocycles. The van der Waals surface area contributed by atoms with Crippen molar-refractivity contribution in [1.29, 1.82) is 0 Å². The van der Waals surface area contributed by atoms with E-state index < -0.39 is 0 Å². The zero-order chi connectivity index (χ0) is 14.3. The Hall–Kier alpha value is -1.79. The van der Waals surface area contributed by atoms with Gasteiger partial charge in [-0.3, -0.25) is 4.79 Å². The van der Waals surface area contributed by atoms with Gasteiger partial charge in [0.05, 0.1) is 6.54 Å². The SMILES string of the molecule is Cc1cc(C#CCN)cc(C(=O)NCCC(C)C)c1. The smallest absolute Gasteiger partial charge is 0.251 e. The Bertz CT molecular complexity index is 495. The molecule has 3 nitrogen and oxygen atoms in total. The molecule has 102 valence electrons. The second-order valence-corrected chi connectivity index (χ2v) is 5.03. The lowest BCUT2D eigenvalue weighted by molar-refractivity contribution is 0.0952. The van der Waals surface area contributed by atoms with Crippen LogP contribution in [-0.2, 0) is 0 Å². The van der Waals surface area contributed by atoms with E-state index in [9.17, 15) is 4.79 Å². The molecule has 3 N–H and O–H groups in total. The van der Waals surface area contributed by atoms with Crippen molar-refractivity contribution in [3.63, 3.8) is 0 Å². The molecule has 0 aliphatic carbocycles. The first kappa shape index (κ1) is 15.3. The molecular formula is C16H22N2O. The molecule has 1 rings (SSSR count). The van der Waals surface area contributed by atoms with Gasteiger partial charge in [0, 0.05) is 17.7 Å². The van der Waals surface area contributed by atoms with Gasteiger partial charge in [0.1, 0.15) is 0 Å². The summed E-state index contributed by atoms with van der Waals surface area (Å²) in [5.74, 6) is 6.31. The lowest BCUT2D eigenvalue weighted by Gasteiger charge is -2.08. The molecule has 0 heterocycles. The van der Waals surface area contributed by atoms with Crippen molar-refractivity contribution < 1.29 is 4.79 Å². The molecule has 0 aliphatic rings. The summed E-state index contributed by atoms with van der Waals surface area (Å²) in [6.45, 7) is 7.26. The highest BCUT2D eigenvalue weighted by Crippen LogP contribution is 2.09. The number of hydrogen-bond donors (Lipinski definition) is 2. The van der Waals surface area contributed by atoms with E-state index in [1.165, 1.54) is 0 Å². The Kier molecular flexibility index (Phi) is 6.11. The van der Waals surface area contributed by atoms with Crippen molar-refractivity contribution in [2.24, 2.45) is 11.7 Å². The first-order valence-electron chi connectivity index (χ1n) is 6.61. The highest BCUT2D eigenvalue weighted by atomic mass is 16.1. The number of benzene rings is 1. The second kappa shape index (κ2) is 7.60. The van der Waals surface area contributed by atoms with Gasteiger partial charge in [-0.15, -0.1) is 0 Å². The van der Waals surface area contributed by atoms with Gasteiger partial charge in [0.25, 0.3) is 5.91 Å². The molecule has 19 heavy (non-hydrogen) atoms. The summed E-state index contributed by atoms with van der Waals surface area (Å²) in [5.41, 5.74) is 7.87. The lowest BCUT2D eigenvalue weighted by atomic mass is 10.1. The number of amides is 1. The van der Waals surface area contributed by atoms with Gasteiger partial charge in [-0.1, -0.05) is 25.7 Å². The molecule has 0 aromatic heterocycles. The number of hydrogen-bond acceptors (Lipinski definition) is 2. The fourth-order valence-electron chi connectivity index (χ4n) is 1.72. The Morgan fingerprint density at radius 2 is 2.11 bits per heavy atom. The quantitative estimate of drug-likeness (QED) is 0.812. The summed E-state index contributed by atoms with van der Waals surface area (Å²) in [6.07, 6.45) is 0.984. The molecule has 1 amide bonds. The average molecular weight is 258 g/mol. The molecule has 0 spiro atoms. The van der Waals surface area contributed by atoms with Crippen LogP contribution in [-0.4, -0.2) is 19.0 Å². The number of aryl methyl sites for hydroxylation is 1. The molecule has 0 atom stereocenters. The Balaban J connectivity index is 2.76. The van der Waals surface area contributed by atoms with Crippen LogP contribution in [0.2, 0.25) is 0 Å². The standard InChI is InChI=1S/C16H22N2O/c1-12(2)6-8-18-16(19)15-10-13(3)9-14(11-15)5-4-7-17/h9-12H,6-8,17H2,1-3H3,(H,18,19). The van der Waals surface area contributed by atoms with Gasteiger partial charge in [-0.25, -0.2) is 0 Å². The third-order valence-electron chi connectivity index (χ3n) is 2.68. The summed E-state index contributed by atoms with van der Waals surface area (Å²) in [4.78, 5) is 12.0. The fraction of sp³-hybridized carbons (Fsp3) is 0.438. The molecule has 0 bridgehead atoms. The molecule has 0 fully saturated rings. The van der Waals surface area contributed by atoms with Crippen LogP contribution < -0.4 is 11.1 Å². The number of rotatable bonds is 4. The average Bonchev–Trinajstić information content (AvgIpc) is 2.35. The zero-order valence-electron chi connectivity index (χ0n) is 11.9. The maximum atomic E-state index is 12.0. The first-order valence-corrected chi connectivity index (χ1v) is 6.61. The summed E-state index contributed by atoms with van der Waals surface area (Å²) in [6, 6.07) is 5.63. The zero-order valence-corrected chi connectivity index (χ0v) is 11.9. The highest BCUT2D eigenvalue weighted by molar-refractivity contribution is 5.94. The van der Waals surface area contributed by atoms with Crippen molar-refractivity contribution in [3.05, 3.63) is 34.9 Å². The van der Waals surface area contributed by atoms with Crippen molar-refractivity contribution in [3.8, 4) is 11.8 Å². The maximum Gasteiger partial charge on any atom is 0.251 e. The Morgan fingerprint density at radius 1 is 1.37 bits per heavy atom. The monoisotopic (exact) mass is 258 g/mol. The maximum absolute atomic E-state index is 12.0. The van der Waals surface area contributed by atoms with E-state index in [0.29, 0.717) is 24.6 Å². The van der Waals surface area contributed by atoms with E-state index in [4.69, 9.17) is 5.73 Å². The van der Waals surface area contributed by atoms with Gasteiger partial charge in [0.2, 0.25) is 0 Å². The minimum atomic E-state index is -0.0415. The van der Waals surface area contributed by atoms with Gasteiger partial charge < -0.3 is 11.1 Å². The molecule has 0 unspecified atom stereocenters. The highest BCUT2D eigenvalue weighted by Gasteiger charge is 2.06. The van der Waals surface area contributed by atoms with Crippen molar-refractivity contribution >= 4 is 5.91 Å². The Morgan fingerprint density at radius 3 is 2.74 bits per heavy atom. The van der Waals surface area contributed by atoms with Crippen LogP contribution in [0.5, 0.6) is 0 Å². The third-order valence-corrected chi connectivity index (χ3v) is 2.68.